The quantitative estimate of drug-likeness (QED) is 0.241. The van der Waals surface area contributed by atoms with Crippen molar-refractivity contribution in [3.8, 4) is 11.5 Å². The number of halogens is 1. The van der Waals surface area contributed by atoms with Gasteiger partial charge in [-0.05, 0) is 53.0 Å². The van der Waals surface area contributed by atoms with Crippen molar-refractivity contribution in [1.82, 2.24) is 0 Å². The molecule has 0 heterocycles. The number of hydrogen-bond acceptors (Lipinski definition) is 0. The summed E-state index contributed by atoms with van der Waals surface area (Å²) < 4.78 is 0. The van der Waals surface area contributed by atoms with Gasteiger partial charge in [0.05, 0.1) is 0 Å². The van der Waals surface area contributed by atoms with Crippen molar-refractivity contribution in [3.05, 3.63) is 91.0 Å². The first-order chi connectivity index (χ1) is 15.4. The summed E-state index contributed by atoms with van der Waals surface area (Å²) in [5.74, 6) is 3.87. The van der Waals surface area contributed by atoms with Crippen molar-refractivity contribution < 1.29 is 17.0 Å². The third-order valence-electron chi connectivity index (χ3n) is 7.08. The molecule has 0 bridgehead atoms. The van der Waals surface area contributed by atoms with E-state index in [0.717, 1.165) is 6.16 Å². The lowest BCUT2D eigenvalue weighted by atomic mass is 10.4. The fraction of sp³-hybridized carbons (Fsp3) is 0.333. The molecule has 0 spiro atoms. The zero-order chi connectivity index (χ0) is 23.2. The molecule has 0 fully saturated rings. The number of hydrogen-bond donors (Lipinski definition) is 0. The summed E-state index contributed by atoms with van der Waals surface area (Å²) in [7, 11) is -3.65. The highest BCUT2D eigenvalue weighted by atomic mass is 79.9. The Morgan fingerprint density at radius 3 is 1.15 bits per heavy atom. The van der Waals surface area contributed by atoms with Crippen LogP contribution in [-0.2, 0) is 0 Å². The van der Waals surface area contributed by atoms with Crippen LogP contribution in [0.2, 0.25) is 16.6 Å². The van der Waals surface area contributed by atoms with Crippen molar-refractivity contribution in [1.29, 1.82) is 0 Å². The first kappa shape index (κ1) is 27.6. The maximum absolute atomic E-state index is 4.01. The molecule has 3 aromatic carbocycles. The highest BCUT2D eigenvalue weighted by Crippen LogP contribution is 2.55. The van der Waals surface area contributed by atoms with Crippen LogP contribution in [0.1, 0.15) is 41.5 Å². The molecule has 174 valence electrons. The molecule has 0 aliphatic carbocycles. The van der Waals surface area contributed by atoms with E-state index in [-0.39, 0.29) is 17.0 Å². The SMILES string of the molecule is CC(C)[Si](C#CC[P+](c1ccccc1)(c1ccccc1)c1ccccc1)(C(C)C)C(C)C.[Br-]. The van der Waals surface area contributed by atoms with E-state index in [1.165, 1.54) is 15.9 Å². The summed E-state index contributed by atoms with van der Waals surface area (Å²) in [5.41, 5.74) is 5.95. The van der Waals surface area contributed by atoms with Gasteiger partial charge in [0.1, 0.15) is 37.4 Å². The summed E-state index contributed by atoms with van der Waals surface area (Å²) in [5, 5.41) is 4.24. The summed E-state index contributed by atoms with van der Waals surface area (Å²) in [6, 6.07) is 33.3. The van der Waals surface area contributed by atoms with Gasteiger partial charge in [-0.1, -0.05) is 102 Å². The van der Waals surface area contributed by atoms with Crippen molar-refractivity contribution in [2.45, 2.75) is 58.2 Å². The second-order valence-corrected chi connectivity index (χ2v) is 18.7. The zero-order valence-electron chi connectivity index (χ0n) is 20.9. The standard InChI is InChI=1S/C30H38PSi.BrH/c1-25(2)32(26(3)4,27(5)6)24-16-23-31(28-17-10-7-11-18-28,29-19-12-8-13-20-29)30-21-14-9-15-22-30;/h7-15,17-22,25-27H,23H2,1-6H3;1H/q+1;/p-1. The summed E-state index contributed by atoms with van der Waals surface area (Å²) in [6.45, 7) is 14.4. The van der Waals surface area contributed by atoms with Gasteiger partial charge in [-0.15, -0.1) is 5.54 Å². The Morgan fingerprint density at radius 2 is 0.879 bits per heavy atom. The summed E-state index contributed by atoms with van der Waals surface area (Å²) in [4.78, 5) is 0. The highest BCUT2D eigenvalue weighted by Gasteiger charge is 2.46. The molecular formula is C30H38BrPSi. The minimum absolute atomic E-state index is 0. The summed E-state index contributed by atoms with van der Waals surface area (Å²) in [6.07, 6.45) is 0.895. The van der Waals surface area contributed by atoms with E-state index in [1.54, 1.807) is 0 Å². The molecule has 0 saturated carbocycles. The normalized spacial score (nSPS) is 11.8. The Labute approximate surface area is 214 Å². The van der Waals surface area contributed by atoms with Gasteiger partial charge in [-0.25, -0.2) is 0 Å². The van der Waals surface area contributed by atoms with Crippen LogP contribution in [0.3, 0.4) is 0 Å². The van der Waals surface area contributed by atoms with E-state index >= 15 is 0 Å². The zero-order valence-corrected chi connectivity index (χ0v) is 24.4. The molecule has 0 amide bonds. The minimum Gasteiger partial charge on any atom is -1.00 e. The minimum atomic E-state index is -1.88. The Balaban J connectivity index is 0.00000385. The molecule has 0 unspecified atom stereocenters. The lowest BCUT2D eigenvalue weighted by molar-refractivity contribution is -0.00000671. The van der Waals surface area contributed by atoms with Crippen LogP contribution in [-0.4, -0.2) is 14.2 Å². The Morgan fingerprint density at radius 1 is 0.576 bits per heavy atom. The third kappa shape index (κ3) is 5.54. The van der Waals surface area contributed by atoms with Crippen LogP contribution in [0.4, 0.5) is 0 Å². The molecule has 0 aliphatic heterocycles. The maximum atomic E-state index is 4.01. The van der Waals surface area contributed by atoms with Gasteiger partial charge in [0, 0.05) is 0 Å². The van der Waals surface area contributed by atoms with E-state index in [0.29, 0.717) is 16.6 Å². The summed E-state index contributed by atoms with van der Waals surface area (Å²) >= 11 is 0. The Hall–Kier alpha value is -1.65. The largest absolute Gasteiger partial charge is 1.00 e. The topological polar surface area (TPSA) is 0 Å². The second-order valence-electron chi connectivity index (χ2n) is 9.67. The second kappa shape index (κ2) is 12.2. The molecule has 0 atom stereocenters. The lowest BCUT2D eigenvalue weighted by Gasteiger charge is -2.38. The van der Waals surface area contributed by atoms with Gasteiger partial charge < -0.3 is 17.0 Å². The molecule has 3 heteroatoms. The molecule has 0 radical (unpaired) electrons. The van der Waals surface area contributed by atoms with Gasteiger partial charge in [-0.2, -0.15) is 0 Å². The molecule has 0 nitrogen and oxygen atoms in total. The van der Waals surface area contributed by atoms with Crippen molar-refractivity contribution >= 4 is 31.2 Å². The predicted octanol–water partition coefficient (Wildman–Crippen LogP) is 4.21. The van der Waals surface area contributed by atoms with E-state index in [1.807, 2.05) is 0 Å². The molecule has 0 saturated heterocycles. The van der Waals surface area contributed by atoms with Crippen LogP contribution < -0.4 is 32.9 Å². The van der Waals surface area contributed by atoms with Crippen molar-refractivity contribution in [2.75, 3.05) is 6.16 Å². The number of rotatable bonds is 7. The highest BCUT2D eigenvalue weighted by molar-refractivity contribution is 7.95. The van der Waals surface area contributed by atoms with Gasteiger partial charge in [0.25, 0.3) is 0 Å². The van der Waals surface area contributed by atoms with Gasteiger partial charge >= 0.3 is 0 Å². The predicted molar refractivity (Wildman–Crippen MR) is 149 cm³/mol. The molecule has 3 aromatic rings. The third-order valence-corrected chi connectivity index (χ3v) is 17.6. The molecule has 0 N–H and O–H groups in total. The Bertz CT molecular complexity index is 916. The van der Waals surface area contributed by atoms with Crippen LogP contribution in [0.25, 0.3) is 0 Å². The molecule has 3 rings (SSSR count). The van der Waals surface area contributed by atoms with E-state index in [9.17, 15) is 0 Å². The fourth-order valence-electron chi connectivity index (χ4n) is 5.51. The van der Waals surface area contributed by atoms with E-state index < -0.39 is 15.3 Å². The molecule has 0 aromatic heterocycles. The lowest BCUT2D eigenvalue weighted by Crippen LogP contribution is -3.00. The van der Waals surface area contributed by atoms with Gasteiger partial charge in [-0.3, -0.25) is 0 Å². The van der Waals surface area contributed by atoms with Crippen molar-refractivity contribution in [3.63, 3.8) is 0 Å². The van der Waals surface area contributed by atoms with Crippen LogP contribution in [0.5, 0.6) is 0 Å². The van der Waals surface area contributed by atoms with Gasteiger partial charge in [0.15, 0.2) is 0 Å². The maximum Gasteiger partial charge on any atom is 0.146 e. The fourth-order valence-corrected chi connectivity index (χ4v) is 14.7. The van der Waals surface area contributed by atoms with Crippen LogP contribution >= 0.6 is 7.26 Å². The first-order valence-electron chi connectivity index (χ1n) is 11.9. The van der Waals surface area contributed by atoms with Gasteiger partial charge in [0.2, 0.25) is 0 Å². The van der Waals surface area contributed by atoms with E-state index in [2.05, 4.69) is 144 Å². The van der Waals surface area contributed by atoms with E-state index in [4.69, 9.17) is 0 Å². The first-order valence-corrected chi connectivity index (χ1v) is 16.1. The van der Waals surface area contributed by atoms with Crippen LogP contribution in [0.15, 0.2) is 91.0 Å². The van der Waals surface area contributed by atoms with Crippen molar-refractivity contribution in [2.24, 2.45) is 0 Å². The molecule has 33 heavy (non-hydrogen) atoms. The van der Waals surface area contributed by atoms with Crippen LogP contribution in [0, 0.1) is 11.5 Å². The average molecular weight is 538 g/mol. The monoisotopic (exact) mass is 536 g/mol. The smallest absolute Gasteiger partial charge is 0.146 e. The molecular weight excluding hydrogens is 499 g/mol. The molecule has 0 aliphatic rings. The number of benzene rings is 3. The Kier molecular flexibility index (Phi) is 10.2. The average Bonchev–Trinajstić information content (AvgIpc) is 2.80.